The minimum absolute atomic E-state index is 0.115. The standard InChI is InChI=1S/C16H22N2OS/c1-11-3-2-4-14(17-11)16(13-7-8-13)18-15(19)10-20-9-12-5-6-12/h2-4,12-13,16H,5-10H2,1H3,(H,18,19). The topological polar surface area (TPSA) is 42.0 Å². The normalized spacial score (nSPS) is 19.6. The smallest absolute Gasteiger partial charge is 0.230 e. The number of hydrogen-bond donors (Lipinski definition) is 1. The molecule has 0 radical (unpaired) electrons. The van der Waals surface area contributed by atoms with Crippen molar-refractivity contribution in [1.82, 2.24) is 10.3 Å². The lowest BCUT2D eigenvalue weighted by Crippen LogP contribution is -2.32. The molecule has 4 heteroatoms. The van der Waals surface area contributed by atoms with Crippen LogP contribution in [-0.4, -0.2) is 22.4 Å². The Kier molecular flexibility index (Phi) is 4.29. The Labute approximate surface area is 124 Å². The number of nitrogens with one attached hydrogen (secondary N) is 1. The molecule has 1 unspecified atom stereocenters. The van der Waals surface area contributed by atoms with Gasteiger partial charge < -0.3 is 5.32 Å². The van der Waals surface area contributed by atoms with Gasteiger partial charge in [0.1, 0.15) is 0 Å². The number of aryl methyl sites for hydroxylation is 1. The van der Waals surface area contributed by atoms with Gasteiger partial charge in [0.05, 0.1) is 17.5 Å². The van der Waals surface area contributed by atoms with Gasteiger partial charge in [0.2, 0.25) is 5.91 Å². The Morgan fingerprint density at radius 1 is 1.40 bits per heavy atom. The van der Waals surface area contributed by atoms with E-state index >= 15 is 0 Å². The highest BCUT2D eigenvalue weighted by atomic mass is 32.2. The first-order valence-electron chi connectivity index (χ1n) is 7.53. The molecule has 0 aromatic carbocycles. The van der Waals surface area contributed by atoms with Gasteiger partial charge in [-0.3, -0.25) is 9.78 Å². The van der Waals surface area contributed by atoms with Crippen molar-refractivity contribution in [1.29, 1.82) is 0 Å². The van der Waals surface area contributed by atoms with Gasteiger partial charge in [0, 0.05) is 5.69 Å². The molecule has 1 atom stereocenters. The zero-order chi connectivity index (χ0) is 13.9. The van der Waals surface area contributed by atoms with E-state index in [-0.39, 0.29) is 11.9 Å². The number of amides is 1. The average Bonchev–Trinajstić information content (AvgIpc) is 3.28. The molecule has 0 bridgehead atoms. The van der Waals surface area contributed by atoms with Crippen molar-refractivity contribution in [3.05, 3.63) is 29.6 Å². The third-order valence-corrected chi connectivity index (χ3v) is 5.10. The van der Waals surface area contributed by atoms with Crippen LogP contribution in [0.15, 0.2) is 18.2 Å². The van der Waals surface area contributed by atoms with Crippen LogP contribution in [0.25, 0.3) is 0 Å². The van der Waals surface area contributed by atoms with Crippen LogP contribution in [0.4, 0.5) is 0 Å². The van der Waals surface area contributed by atoms with E-state index < -0.39 is 0 Å². The number of nitrogens with zero attached hydrogens (tertiary/aromatic N) is 1. The average molecular weight is 290 g/mol. The maximum atomic E-state index is 12.1. The molecule has 2 aliphatic rings. The number of carbonyl (C=O) groups excluding carboxylic acids is 1. The number of pyridine rings is 1. The Morgan fingerprint density at radius 3 is 2.85 bits per heavy atom. The van der Waals surface area contributed by atoms with Crippen molar-refractivity contribution >= 4 is 17.7 Å². The molecule has 1 heterocycles. The summed E-state index contributed by atoms with van der Waals surface area (Å²) in [5.41, 5.74) is 2.04. The number of thioether (sulfide) groups is 1. The predicted octanol–water partition coefficient (Wildman–Crippen LogP) is 3.10. The van der Waals surface area contributed by atoms with E-state index in [1.54, 1.807) is 11.8 Å². The molecular weight excluding hydrogens is 268 g/mol. The second-order valence-corrected chi connectivity index (χ2v) is 7.08. The fourth-order valence-corrected chi connectivity index (χ4v) is 3.47. The molecule has 3 nitrogen and oxygen atoms in total. The first-order chi connectivity index (χ1) is 9.72. The van der Waals surface area contributed by atoms with Gasteiger partial charge in [0.15, 0.2) is 0 Å². The first kappa shape index (κ1) is 13.9. The van der Waals surface area contributed by atoms with Gasteiger partial charge in [-0.25, -0.2) is 0 Å². The van der Waals surface area contributed by atoms with Gasteiger partial charge in [-0.05, 0) is 62.3 Å². The van der Waals surface area contributed by atoms with Gasteiger partial charge in [-0.2, -0.15) is 11.8 Å². The molecule has 2 aliphatic carbocycles. The molecule has 0 aliphatic heterocycles. The first-order valence-corrected chi connectivity index (χ1v) is 8.68. The quantitative estimate of drug-likeness (QED) is 0.839. The molecule has 3 rings (SSSR count). The van der Waals surface area contributed by atoms with Gasteiger partial charge >= 0.3 is 0 Å². The number of rotatable bonds is 7. The lowest BCUT2D eigenvalue weighted by Gasteiger charge is -2.18. The lowest BCUT2D eigenvalue weighted by atomic mass is 10.1. The van der Waals surface area contributed by atoms with Crippen molar-refractivity contribution in [2.45, 2.75) is 38.6 Å². The summed E-state index contributed by atoms with van der Waals surface area (Å²) in [5.74, 6) is 3.36. The SMILES string of the molecule is Cc1cccc(C(NC(=O)CSCC2CC2)C2CC2)n1. The third kappa shape index (κ3) is 3.98. The Balaban J connectivity index is 1.55. The van der Waals surface area contributed by atoms with E-state index in [1.165, 1.54) is 25.7 Å². The zero-order valence-corrected chi connectivity index (χ0v) is 12.8. The van der Waals surface area contributed by atoms with Crippen molar-refractivity contribution in [3.63, 3.8) is 0 Å². The summed E-state index contributed by atoms with van der Waals surface area (Å²) in [6.07, 6.45) is 5.12. The van der Waals surface area contributed by atoms with Crippen LogP contribution in [0.3, 0.4) is 0 Å². The molecule has 0 saturated heterocycles. The van der Waals surface area contributed by atoms with E-state index in [0.717, 1.165) is 23.1 Å². The summed E-state index contributed by atoms with van der Waals surface area (Å²) in [5, 5.41) is 3.19. The van der Waals surface area contributed by atoms with Crippen LogP contribution in [0.5, 0.6) is 0 Å². The number of aromatic nitrogens is 1. The fraction of sp³-hybridized carbons (Fsp3) is 0.625. The summed E-state index contributed by atoms with van der Waals surface area (Å²) >= 11 is 1.77. The largest absolute Gasteiger partial charge is 0.347 e. The van der Waals surface area contributed by atoms with E-state index in [9.17, 15) is 4.79 Å². The summed E-state index contributed by atoms with van der Waals surface area (Å²) in [7, 11) is 0. The number of hydrogen-bond acceptors (Lipinski definition) is 3. The van der Waals surface area contributed by atoms with Crippen LogP contribution in [0, 0.1) is 18.8 Å². The Hall–Kier alpha value is -1.03. The molecule has 0 spiro atoms. The highest BCUT2D eigenvalue weighted by Gasteiger charge is 2.34. The number of carbonyl (C=O) groups is 1. The lowest BCUT2D eigenvalue weighted by molar-refractivity contribution is -0.119. The van der Waals surface area contributed by atoms with Gasteiger partial charge in [-0.1, -0.05) is 6.07 Å². The van der Waals surface area contributed by atoms with Crippen molar-refractivity contribution < 1.29 is 4.79 Å². The molecule has 1 aromatic heterocycles. The Bertz CT molecular complexity index is 483. The maximum Gasteiger partial charge on any atom is 0.230 e. The maximum absolute atomic E-state index is 12.1. The summed E-state index contributed by atoms with van der Waals surface area (Å²) in [6, 6.07) is 6.18. The molecule has 20 heavy (non-hydrogen) atoms. The van der Waals surface area contributed by atoms with Crippen LogP contribution in [-0.2, 0) is 4.79 Å². The van der Waals surface area contributed by atoms with E-state index in [0.29, 0.717) is 11.7 Å². The van der Waals surface area contributed by atoms with Crippen LogP contribution < -0.4 is 5.32 Å². The highest BCUT2D eigenvalue weighted by Crippen LogP contribution is 2.40. The van der Waals surface area contributed by atoms with Crippen LogP contribution in [0.1, 0.15) is 43.1 Å². The summed E-state index contributed by atoms with van der Waals surface area (Å²) in [4.78, 5) is 16.7. The van der Waals surface area contributed by atoms with Gasteiger partial charge in [-0.15, -0.1) is 0 Å². The predicted molar refractivity (Wildman–Crippen MR) is 82.6 cm³/mol. The second-order valence-electron chi connectivity index (χ2n) is 6.04. The van der Waals surface area contributed by atoms with Crippen LogP contribution in [0.2, 0.25) is 0 Å². The van der Waals surface area contributed by atoms with Gasteiger partial charge in [0.25, 0.3) is 0 Å². The minimum atomic E-state index is 0.115. The molecule has 2 saturated carbocycles. The monoisotopic (exact) mass is 290 g/mol. The molecule has 108 valence electrons. The second kappa shape index (κ2) is 6.17. The van der Waals surface area contributed by atoms with Crippen molar-refractivity contribution in [2.24, 2.45) is 11.8 Å². The molecule has 1 N–H and O–H groups in total. The Morgan fingerprint density at radius 2 is 2.20 bits per heavy atom. The van der Waals surface area contributed by atoms with Crippen molar-refractivity contribution in [2.75, 3.05) is 11.5 Å². The third-order valence-electron chi connectivity index (χ3n) is 3.92. The summed E-state index contributed by atoms with van der Waals surface area (Å²) in [6.45, 7) is 2.00. The molecule has 2 fully saturated rings. The fourth-order valence-electron chi connectivity index (χ4n) is 2.42. The zero-order valence-electron chi connectivity index (χ0n) is 12.0. The van der Waals surface area contributed by atoms with E-state index in [1.807, 2.05) is 25.1 Å². The molecular formula is C16H22N2OS. The van der Waals surface area contributed by atoms with E-state index in [2.05, 4.69) is 10.3 Å². The highest BCUT2D eigenvalue weighted by molar-refractivity contribution is 7.99. The van der Waals surface area contributed by atoms with Crippen LogP contribution >= 0.6 is 11.8 Å². The summed E-state index contributed by atoms with van der Waals surface area (Å²) < 4.78 is 0. The van der Waals surface area contributed by atoms with E-state index in [4.69, 9.17) is 0 Å². The molecule has 1 aromatic rings. The molecule has 1 amide bonds. The van der Waals surface area contributed by atoms with Crippen molar-refractivity contribution in [3.8, 4) is 0 Å². The minimum Gasteiger partial charge on any atom is -0.347 e.